The Hall–Kier alpha value is -2.47. The van der Waals surface area contributed by atoms with E-state index in [9.17, 15) is 4.79 Å². The molecule has 6 heteroatoms. The van der Waals surface area contributed by atoms with Gasteiger partial charge in [-0.1, -0.05) is 32.0 Å². The number of aromatic nitrogens is 3. The van der Waals surface area contributed by atoms with Gasteiger partial charge in [-0.2, -0.15) is 5.10 Å². The van der Waals surface area contributed by atoms with E-state index in [2.05, 4.69) is 29.2 Å². The predicted octanol–water partition coefficient (Wildman–Crippen LogP) is 4.01. The summed E-state index contributed by atoms with van der Waals surface area (Å²) in [6.45, 7) is 6.08. The molecule has 0 aliphatic rings. The van der Waals surface area contributed by atoms with Gasteiger partial charge in [0.2, 0.25) is 0 Å². The number of thiazole rings is 1. The second kappa shape index (κ2) is 6.34. The monoisotopic (exact) mass is 326 g/mol. The van der Waals surface area contributed by atoms with Crippen LogP contribution in [0.4, 0.5) is 5.13 Å². The fourth-order valence-corrected chi connectivity index (χ4v) is 3.05. The molecule has 2 heterocycles. The first kappa shape index (κ1) is 15.4. The van der Waals surface area contributed by atoms with Crippen LogP contribution in [0.15, 0.2) is 41.8 Å². The average Bonchev–Trinajstić information content (AvgIpc) is 3.15. The van der Waals surface area contributed by atoms with Crippen LogP contribution in [0.3, 0.4) is 0 Å². The van der Waals surface area contributed by atoms with Gasteiger partial charge in [0.25, 0.3) is 5.91 Å². The van der Waals surface area contributed by atoms with Crippen molar-refractivity contribution in [1.82, 2.24) is 14.8 Å². The molecular formula is C17H18N4OS. The molecule has 3 rings (SSSR count). The van der Waals surface area contributed by atoms with Crippen LogP contribution >= 0.6 is 11.3 Å². The van der Waals surface area contributed by atoms with Crippen LogP contribution in [0.5, 0.6) is 0 Å². The minimum absolute atomic E-state index is 0.243. The van der Waals surface area contributed by atoms with E-state index >= 15 is 0 Å². The molecule has 0 radical (unpaired) electrons. The van der Waals surface area contributed by atoms with E-state index in [4.69, 9.17) is 0 Å². The Kier molecular flexibility index (Phi) is 4.25. The lowest BCUT2D eigenvalue weighted by Crippen LogP contribution is -2.13. The predicted molar refractivity (Wildman–Crippen MR) is 92.5 cm³/mol. The zero-order chi connectivity index (χ0) is 16.4. The molecule has 0 saturated heterocycles. The molecule has 0 saturated carbocycles. The van der Waals surface area contributed by atoms with Crippen molar-refractivity contribution < 1.29 is 4.79 Å². The maximum atomic E-state index is 12.4. The molecule has 23 heavy (non-hydrogen) atoms. The number of amides is 1. The normalized spacial score (nSPS) is 11.0. The molecule has 0 unspecified atom stereocenters. The number of hydrogen-bond donors (Lipinski definition) is 1. The molecule has 0 atom stereocenters. The fourth-order valence-electron chi connectivity index (χ4n) is 2.19. The van der Waals surface area contributed by atoms with Crippen molar-refractivity contribution in [3.8, 4) is 5.69 Å². The first-order chi connectivity index (χ1) is 11.0. The lowest BCUT2D eigenvalue weighted by atomic mass is 10.2. The Balaban J connectivity index is 1.80. The largest absolute Gasteiger partial charge is 0.296 e. The van der Waals surface area contributed by atoms with Crippen LogP contribution < -0.4 is 5.32 Å². The molecule has 118 valence electrons. The summed E-state index contributed by atoms with van der Waals surface area (Å²) >= 11 is 1.43. The molecule has 0 fully saturated rings. The molecule has 1 N–H and O–H groups in total. The molecule has 3 aromatic rings. The third kappa shape index (κ3) is 3.32. The highest BCUT2D eigenvalue weighted by Crippen LogP contribution is 2.22. The van der Waals surface area contributed by atoms with Gasteiger partial charge in [0.1, 0.15) is 0 Å². The third-order valence-corrected chi connectivity index (χ3v) is 4.23. The molecule has 2 aromatic heterocycles. The summed E-state index contributed by atoms with van der Waals surface area (Å²) in [7, 11) is 0. The number of nitrogens with zero attached hydrogens (tertiary/aromatic N) is 3. The first-order valence-electron chi connectivity index (χ1n) is 7.43. The quantitative estimate of drug-likeness (QED) is 0.788. The van der Waals surface area contributed by atoms with Gasteiger partial charge in [-0.25, -0.2) is 9.67 Å². The lowest BCUT2D eigenvalue weighted by molar-refractivity contribution is 0.102. The standard InChI is InChI=1S/C17H18N4OS/c1-11(2)15-10-23-17(18-15)19-16(22)14-9-12(3)21(20-14)13-7-5-4-6-8-13/h4-11H,1-3H3,(H,18,19,22). The summed E-state index contributed by atoms with van der Waals surface area (Å²) in [5.41, 5.74) is 3.20. The summed E-state index contributed by atoms with van der Waals surface area (Å²) in [5, 5.41) is 9.79. The van der Waals surface area contributed by atoms with Gasteiger partial charge in [-0.3, -0.25) is 10.1 Å². The summed E-state index contributed by atoms with van der Waals surface area (Å²) < 4.78 is 1.76. The highest BCUT2D eigenvalue weighted by atomic mass is 32.1. The minimum Gasteiger partial charge on any atom is -0.296 e. The number of benzene rings is 1. The van der Waals surface area contributed by atoms with Crippen molar-refractivity contribution >= 4 is 22.4 Å². The van der Waals surface area contributed by atoms with Crippen LogP contribution in [0, 0.1) is 6.92 Å². The maximum Gasteiger partial charge on any atom is 0.277 e. The Labute approximate surface area is 139 Å². The van der Waals surface area contributed by atoms with E-state index in [1.807, 2.05) is 42.6 Å². The topological polar surface area (TPSA) is 59.8 Å². The summed E-state index contributed by atoms with van der Waals surface area (Å²) in [5.74, 6) is 0.101. The summed E-state index contributed by atoms with van der Waals surface area (Å²) in [6.07, 6.45) is 0. The van der Waals surface area contributed by atoms with Gasteiger partial charge in [0, 0.05) is 11.1 Å². The highest BCUT2D eigenvalue weighted by Gasteiger charge is 2.15. The van der Waals surface area contributed by atoms with E-state index in [-0.39, 0.29) is 5.91 Å². The second-order valence-corrected chi connectivity index (χ2v) is 6.46. The Morgan fingerprint density at radius 2 is 2.00 bits per heavy atom. The van der Waals surface area contributed by atoms with Crippen LogP contribution in [0.2, 0.25) is 0 Å². The van der Waals surface area contributed by atoms with Crippen LogP contribution in [-0.2, 0) is 0 Å². The van der Waals surface area contributed by atoms with Gasteiger partial charge >= 0.3 is 0 Å². The molecule has 0 aliphatic heterocycles. The summed E-state index contributed by atoms with van der Waals surface area (Å²) in [4.78, 5) is 16.8. The van der Waals surface area contributed by atoms with Crippen LogP contribution in [-0.4, -0.2) is 20.7 Å². The van der Waals surface area contributed by atoms with E-state index in [1.54, 1.807) is 10.7 Å². The van der Waals surface area contributed by atoms with E-state index in [1.165, 1.54) is 11.3 Å². The number of carbonyl (C=O) groups excluding carboxylic acids is 1. The Morgan fingerprint density at radius 1 is 1.26 bits per heavy atom. The van der Waals surface area contributed by atoms with Gasteiger partial charge in [-0.05, 0) is 31.0 Å². The van der Waals surface area contributed by atoms with Crippen molar-refractivity contribution in [2.45, 2.75) is 26.7 Å². The number of rotatable bonds is 4. The smallest absolute Gasteiger partial charge is 0.277 e. The van der Waals surface area contributed by atoms with Crippen molar-refractivity contribution in [2.24, 2.45) is 0 Å². The van der Waals surface area contributed by atoms with E-state index in [0.717, 1.165) is 17.1 Å². The molecule has 0 aliphatic carbocycles. The van der Waals surface area contributed by atoms with Crippen molar-refractivity contribution in [3.63, 3.8) is 0 Å². The highest BCUT2D eigenvalue weighted by molar-refractivity contribution is 7.14. The number of anilines is 1. The lowest BCUT2D eigenvalue weighted by Gasteiger charge is -2.03. The molecule has 0 bridgehead atoms. The zero-order valence-electron chi connectivity index (χ0n) is 13.3. The number of aryl methyl sites for hydroxylation is 1. The Bertz CT molecular complexity index is 820. The third-order valence-electron chi connectivity index (χ3n) is 3.45. The summed E-state index contributed by atoms with van der Waals surface area (Å²) in [6, 6.07) is 11.5. The molecule has 5 nitrogen and oxygen atoms in total. The second-order valence-electron chi connectivity index (χ2n) is 5.60. The minimum atomic E-state index is -0.243. The Morgan fingerprint density at radius 3 is 2.65 bits per heavy atom. The van der Waals surface area contributed by atoms with Gasteiger partial charge in [0.15, 0.2) is 10.8 Å². The van der Waals surface area contributed by atoms with Gasteiger partial charge in [-0.15, -0.1) is 11.3 Å². The first-order valence-corrected chi connectivity index (χ1v) is 8.31. The van der Waals surface area contributed by atoms with Gasteiger partial charge < -0.3 is 0 Å². The van der Waals surface area contributed by atoms with Crippen molar-refractivity contribution in [1.29, 1.82) is 0 Å². The molecular weight excluding hydrogens is 308 g/mol. The van der Waals surface area contributed by atoms with Crippen LogP contribution in [0.25, 0.3) is 5.69 Å². The number of para-hydroxylation sites is 1. The van der Waals surface area contributed by atoms with Crippen molar-refractivity contribution in [2.75, 3.05) is 5.32 Å². The molecule has 1 amide bonds. The number of carbonyl (C=O) groups is 1. The van der Waals surface area contributed by atoms with Crippen LogP contribution in [0.1, 0.15) is 41.6 Å². The maximum absolute atomic E-state index is 12.4. The average molecular weight is 326 g/mol. The number of hydrogen-bond acceptors (Lipinski definition) is 4. The fraction of sp³-hybridized carbons (Fsp3) is 0.235. The molecule has 0 spiro atoms. The van der Waals surface area contributed by atoms with Gasteiger partial charge in [0.05, 0.1) is 11.4 Å². The SMILES string of the molecule is Cc1cc(C(=O)Nc2nc(C(C)C)cs2)nn1-c1ccccc1. The zero-order valence-corrected chi connectivity index (χ0v) is 14.1. The number of nitrogens with one attached hydrogen (secondary N) is 1. The van der Waals surface area contributed by atoms with E-state index < -0.39 is 0 Å². The van der Waals surface area contributed by atoms with Crippen molar-refractivity contribution in [3.05, 3.63) is 58.9 Å². The van der Waals surface area contributed by atoms with E-state index in [0.29, 0.717) is 16.7 Å². The molecule has 1 aromatic carbocycles.